The highest BCUT2D eigenvalue weighted by molar-refractivity contribution is 9.10. The summed E-state index contributed by atoms with van der Waals surface area (Å²) in [7, 11) is -4.30. The second-order valence-electron chi connectivity index (χ2n) is 11.8. The van der Waals surface area contributed by atoms with Gasteiger partial charge in [-0.3, -0.25) is 13.9 Å². The summed E-state index contributed by atoms with van der Waals surface area (Å²) >= 11 is 16.4. The summed E-state index contributed by atoms with van der Waals surface area (Å²) in [4.78, 5) is 30.2. The van der Waals surface area contributed by atoms with Crippen molar-refractivity contribution in [2.24, 2.45) is 0 Å². The van der Waals surface area contributed by atoms with E-state index in [4.69, 9.17) is 23.2 Å². The van der Waals surface area contributed by atoms with E-state index >= 15 is 0 Å². The highest BCUT2D eigenvalue weighted by atomic mass is 79.9. The van der Waals surface area contributed by atoms with Crippen LogP contribution in [0, 0.1) is 6.92 Å². The van der Waals surface area contributed by atoms with Crippen LogP contribution in [0.2, 0.25) is 10.0 Å². The van der Waals surface area contributed by atoms with E-state index in [1.165, 1.54) is 29.2 Å². The van der Waals surface area contributed by atoms with Crippen molar-refractivity contribution in [1.29, 1.82) is 0 Å². The maximum Gasteiger partial charge on any atom is 0.264 e. The zero-order valence-electron chi connectivity index (χ0n) is 25.9. The van der Waals surface area contributed by atoms with Crippen molar-refractivity contribution in [3.63, 3.8) is 0 Å². The van der Waals surface area contributed by atoms with E-state index in [0.29, 0.717) is 0 Å². The summed E-state index contributed by atoms with van der Waals surface area (Å²) in [5, 5.41) is 3.55. The maximum absolute atomic E-state index is 14.7. The third kappa shape index (κ3) is 8.96. The highest BCUT2D eigenvalue weighted by Crippen LogP contribution is 2.33. The molecule has 1 aliphatic carbocycles. The molecule has 0 unspecified atom stereocenters. The second-order valence-corrected chi connectivity index (χ2v) is 15.4. The van der Waals surface area contributed by atoms with Crippen LogP contribution in [0.25, 0.3) is 0 Å². The number of hydrogen-bond donors (Lipinski definition) is 1. The minimum absolute atomic E-state index is 0.00814. The number of carbonyl (C=O) groups excluding carboxylic acids is 2. The minimum atomic E-state index is -4.30. The maximum atomic E-state index is 14.7. The fourth-order valence-corrected chi connectivity index (χ4v) is 7.86. The predicted octanol–water partition coefficient (Wildman–Crippen LogP) is 7.96. The van der Waals surface area contributed by atoms with Crippen molar-refractivity contribution >= 4 is 66.7 Å². The van der Waals surface area contributed by atoms with Crippen LogP contribution in [0.5, 0.6) is 0 Å². The Kier molecular flexibility index (Phi) is 11.7. The van der Waals surface area contributed by atoms with Gasteiger partial charge in [0.2, 0.25) is 11.8 Å². The molecule has 0 heterocycles. The van der Waals surface area contributed by atoms with Gasteiger partial charge < -0.3 is 10.2 Å². The van der Waals surface area contributed by atoms with Gasteiger partial charge in [-0.2, -0.15) is 0 Å². The number of carbonyl (C=O) groups is 2. The Morgan fingerprint density at radius 1 is 0.894 bits per heavy atom. The molecule has 1 N–H and O–H groups in total. The number of halogens is 3. The van der Waals surface area contributed by atoms with Gasteiger partial charge in [-0.05, 0) is 73.4 Å². The van der Waals surface area contributed by atoms with Crippen LogP contribution in [0.4, 0.5) is 5.69 Å². The second kappa shape index (κ2) is 15.7. The number of anilines is 1. The van der Waals surface area contributed by atoms with Crippen molar-refractivity contribution in [3.05, 3.63) is 128 Å². The van der Waals surface area contributed by atoms with Crippen LogP contribution in [0.15, 0.2) is 106 Å². The van der Waals surface area contributed by atoms with E-state index in [9.17, 15) is 18.0 Å². The number of amides is 2. The fourth-order valence-electron chi connectivity index (χ4n) is 5.74. The van der Waals surface area contributed by atoms with Crippen LogP contribution in [-0.2, 0) is 32.6 Å². The smallest absolute Gasteiger partial charge is 0.264 e. The Balaban J connectivity index is 1.58. The summed E-state index contributed by atoms with van der Waals surface area (Å²) in [5.74, 6) is -0.845. The summed E-state index contributed by atoms with van der Waals surface area (Å²) < 4.78 is 30.4. The Bertz CT molecular complexity index is 1800. The summed E-state index contributed by atoms with van der Waals surface area (Å²) in [6, 6.07) is 26.9. The summed E-state index contributed by atoms with van der Waals surface area (Å²) in [6.07, 6.45) is 4.05. The number of benzene rings is 4. The molecule has 11 heteroatoms. The molecule has 7 nitrogen and oxygen atoms in total. The van der Waals surface area contributed by atoms with Crippen molar-refractivity contribution in [1.82, 2.24) is 10.2 Å². The monoisotopic (exact) mass is 755 g/mol. The molecule has 2 amide bonds. The molecular weight excluding hydrogens is 721 g/mol. The van der Waals surface area contributed by atoms with E-state index in [1.54, 1.807) is 18.2 Å². The molecular formula is C36H36BrCl2N3O4S. The first-order chi connectivity index (χ1) is 22.5. The van der Waals surface area contributed by atoms with E-state index in [2.05, 4.69) is 21.2 Å². The lowest BCUT2D eigenvalue weighted by Crippen LogP contribution is -2.54. The normalized spacial score (nSPS) is 14.0. The molecule has 0 spiro atoms. The van der Waals surface area contributed by atoms with Gasteiger partial charge >= 0.3 is 0 Å². The van der Waals surface area contributed by atoms with Gasteiger partial charge in [0.05, 0.1) is 15.6 Å². The van der Waals surface area contributed by atoms with Crippen LogP contribution in [0.1, 0.15) is 42.4 Å². The van der Waals surface area contributed by atoms with Gasteiger partial charge in [0.15, 0.2) is 0 Å². The Hall–Kier alpha value is -3.37. The average Bonchev–Trinajstić information content (AvgIpc) is 3.57. The molecule has 1 saturated carbocycles. The molecule has 47 heavy (non-hydrogen) atoms. The lowest BCUT2D eigenvalue weighted by Gasteiger charge is -2.34. The Morgan fingerprint density at radius 3 is 2.21 bits per heavy atom. The first-order valence-corrected chi connectivity index (χ1v) is 18.4. The van der Waals surface area contributed by atoms with E-state index in [0.717, 1.165) is 51.2 Å². The first-order valence-electron chi connectivity index (χ1n) is 15.4. The lowest BCUT2D eigenvalue weighted by molar-refractivity contribution is -0.140. The minimum Gasteiger partial charge on any atom is -0.352 e. The molecule has 1 atom stereocenters. The standard InChI is InChI=1S/C36H36BrCl2N3O4S/c1-25-11-18-31(19-12-25)47(45,46)42(33-22-29(38)17-20-32(33)39)24-35(43)41(23-27-13-15-28(37)16-14-27)34(21-26-7-3-2-4-8-26)36(44)40-30-9-5-6-10-30/h2-4,7-8,11-20,22,30,34H,5-6,9-10,21,23-24H2,1H3,(H,40,44)/t34-/m0/s1. The van der Waals surface area contributed by atoms with Crippen molar-refractivity contribution in [3.8, 4) is 0 Å². The number of aryl methyl sites for hydroxylation is 1. The van der Waals surface area contributed by atoms with E-state index < -0.39 is 28.5 Å². The number of nitrogens with zero attached hydrogens (tertiary/aromatic N) is 2. The molecule has 246 valence electrons. The Labute approximate surface area is 295 Å². The Morgan fingerprint density at radius 2 is 1.55 bits per heavy atom. The number of hydrogen-bond acceptors (Lipinski definition) is 4. The molecule has 0 saturated heterocycles. The summed E-state index contributed by atoms with van der Waals surface area (Å²) in [5.41, 5.74) is 2.59. The molecule has 1 aliphatic rings. The molecule has 0 aromatic heterocycles. The lowest BCUT2D eigenvalue weighted by atomic mass is 10.0. The topological polar surface area (TPSA) is 86.8 Å². The van der Waals surface area contributed by atoms with Crippen molar-refractivity contribution < 1.29 is 18.0 Å². The van der Waals surface area contributed by atoms with Gasteiger partial charge in [-0.25, -0.2) is 8.42 Å². The van der Waals surface area contributed by atoms with Gasteiger partial charge in [0.1, 0.15) is 12.6 Å². The molecule has 4 aromatic rings. The SMILES string of the molecule is Cc1ccc(S(=O)(=O)N(CC(=O)N(Cc2ccc(Br)cc2)[C@@H](Cc2ccccc2)C(=O)NC2CCCC2)c2cc(Cl)ccc2Cl)cc1. The molecule has 4 aromatic carbocycles. The van der Waals surface area contributed by atoms with Crippen molar-refractivity contribution in [2.45, 2.75) is 62.6 Å². The molecule has 0 bridgehead atoms. The van der Waals surface area contributed by atoms with Crippen LogP contribution < -0.4 is 9.62 Å². The zero-order valence-corrected chi connectivity index (χ0v) is 29.8. The molecule has 5 rings (SSSR count). The molecule has 1 fully saturated rings. The number of rotatable bonds is 12. The van der Waals surface area contributed by atoms with Crippen LogP contribution in [0.3, 0.4) is 0 Å². The van der Waals surface area contributed by atoms with Gasteiger partial charge in [-0.15, -0.1) is 0 Å². The third-order valence-electron chi connectivity index (χ3n) is 8.30. The average molecular weight is 758 g/mol. The third-order valence-corrected chi connectivity index (χ3v) is 11.2. The van der Waals surface area contributed by atoms with E-state index in [-0.39, 0.29) is 45.5 Å². The first kappa shape index (κ1) is 35.0. The predicted molar refractivity (Wildman–Crippen MR) is 191 cm³/mol. The van der Waals surface area contributed by atoms with Crippen LogP contribution in [-0.4, -0.2) is 43.8 Å². The van der Waals surface area contributed by atoms with Gasteiger partial charge in [-0.1, -0.05) is 112 Å². The van der Waals surface area contributed by atoms with Gasteiger partial charge in [0, 0.05) is 28.5 Å². The number of nitrogens with one attached hydrogen (secondary N) is 1. The molecule has 0 radical (unpaired) electrons. The van der Waals surface area contributed by atoms with E-state index in [1.807, 2.05) is 61.5 Å². The highest BCUT2D eigenvalue weighted by Gasteiger charge is 2.36. The zero-order chi connectivity index (χ0) is 33.6. The molecule has 0 aliphatic heterocycles. The van der Waals surface area contributed by atoms with Crippen LogP contribution >= 0.6 is 39.1 Å². The number of sulfonamides is 1. The quantitative estimate of drug-likeness (QED) is 0.159. The summed E-state index contributed by atoms with van der Waals surface area (Å²) in [6.45, 7) is 1.31. The largest absolute Gasteiger partial charge is 0.352 e. The fraction of sp³-hybridized carbons (Fsp3) is 0.278. The van der Waals surface area contributed by atoms with Crippen molar-refractivity contribution in [2.75, 3.05) is 10.8 Å². The van der Waals surface area contributed by atoms with Gasteiger partial charge in [0.25, 0.3) is 10.0 Å².